The van der Waals surface area contributed by atoms with Gasteiger partial charge in [0.2, 0.25) is 11.8 Å². The maximum Gasteiger partial charge on any atom is 0.242 e. The lowest BCUT2D eigenvalue weighted by atomic mass is 9.76. The van der Waals surface area contributed by atoms with Crippen LogP contribution in [0.5, 0.6) is 0 Å². The fourth-order valence-corrected chi connectivity index (χ4v) is 4.60. The van der Waals surface area contributed by atoms with Crippen LogP contribution in [-0.4, -0.2) is 55.8 Å². The number of piperidine rings is 2. The van der Waals surface area contributed by atoms with Crippen LogP contribution in [0.15, 0.2) is 12.4 Å². The van der Waals surface area contributed by atoms with E-state index >= 15 is 0 Å². The van der Waals surface area contributed by atoms with Crippen LogP contribution in [0.1, 0.15) is 52.3 Å². The maximum absolute atomic E-state index is 13.0. The van der Waals surface area contributed by atoms with Gasteiger partial charge in [-0.25, -0.2) is 4.98 Å². The summed E-state index contributed by atoms with van der Waals surface area (Å²) >= 11 is 0. The molecule has 0 spiro atoms. The Hall–Kier alpha value is -1.85. The number of rotatable bonds is 3. The summed E-state index contributed by atoms with van der Waals surface area (Å²) in [5, 5.41) is 0. The van der Waals surface area contributed by atoms with E-state index in [1.54, 1.807) is 13.1 Å². The quantitative estimate of drug-likeness (QED) is 0.848. The molecule has 2 atom stereocenters. The second kappa shape index (κ2) is 6.57. The highest BCUT2D eigenvalue weighted by Gasteiger charge is 2.49. The molecular formula is C18H28N4O2. The van der Waals surface area contributed by atoms with E-state index in [2.05, 4.69) is 11.9 Å². The lowest BCUT2D eigenvalue weighted by Gasteiger charge is -2.56. The molecule has 2 aliphatic heterocycles. The third-order valence-electron chi connectivity index (χ3n) is 5.78. The van der Waals surface area contributed by atoms with Crippen molar-refractivity contribution in [1.29, 1.82) is 0 Å². The Balaban J connectivity index is 1.80. The summed E-state index contributed by atoms with van der Waals surface area (Å²) in [5.74, 6) is 1.21. The molecule has 2 saturated heterocycles. The summed E-state index contributed by atoms with van der Waals surface area (Å²) in [4.78, 5) is 33.4. The average Bonchev–Trinajstić information content (AvgIpc) is 2.99. The summed E-state index contributed by atoms with van der Waals surface area (Å²) < 4.78 is 1.94. The minimum atomic E-state index is -0.222. The Morgan fingerprint density at radius 2 is 2.12 bits per heavy atom. The van der Waals surface area contributed by atoms with Gasteiger partial charge in [-0.15, -0.1) is 0 Å². The molecule has 0 N–H and O–H groups in total. The molecule has 132 valence electrons. The summed E-state index contributed by atoms with van der Waals surface area (Å²) in [6, 6.07) is 0.130. The van der Waals surface area contributed by atoms with Crippen molar-refractivity contribution in [3.05, 3.63) is 18.2 Å². The molecule has 0 bridgehead atoms. The first kappa shape index (κ1) is 17.0. The summed E-state index contributed by atoms with van der Waals surface area (Å²) in [5.41, 5.74) is -0.222. The van der Waals surface area contributed by atoms with Crippen molar-refractivity contribution >= 4 is 11.8 Å². The zero-order valence-electron chi connectivity index (χ0n) is 15.0. The highest BCUT2D eigenvalue weighted by molar-refractivity contribution is 5.78. The van der Waals surface area contributed by atoms with Crippen molar-refractivity contribution in [2.45, 2.75) is 71.0 Å². The van der Waals surface area contributed by atoms with Gasteiger partial charge in [0, 0.05) is 38.8 Å². The monoisotopic (exact) mass is 332 g/mol. The average molecular weight is 332 g/mol. The Labute approximate surface area is 143 Å². The lowest BCUT2D eigenvalue weighted by Crippen LogP contribution is -2.68. The number of hydrogen-bond donors (Lipinski definition) is 0. The van der Waals surface area contributed by atoms with Crippen molar-refractivity contribution in [2.24, 2.45) is 0 Å². The van der Waals surface area contributed by atoms with E-state index in [9.17, 15) is 9.59 Å². The molecule has 2 fully saturated rings. The predicted molar refractivity (Wildman–Crippen MR) is 91.4 cm³/mol. The predicted octanol–water partition coefficient (Wildman–Crippen LogP) is 1.84. The fourth-order valence-electron chi connectivity index (χ4n) is 4.60. The number of carbonyl (C=O) groups excluding carboxylic acids is 2. The van der Waals surface area contributed by atoms with Crippen LogP contribution in [0.4, 0.5) is 0 Å². The Kier molecular flexibility index (Phi) is 4.65. The third kappa shape index (κ3) is 2.82. The maximum atomic E-state index is 13.0. The molecule has 6 heteroatoms. The second-order valence-electron chi connectivity index (χ2n) is 7.20. The van der Waals surface area contributed by atoms with Crippen molar-refractivity contribution in [1.82, 2.24) is 19.4 Å². The molecule has 24 heavy (non-hydrogen) atoms. The van der Waals surface area contributed by atoms with Crippen molar-refractivity contribution in [2.75, 3.05) is 13.1 Å². The Morgan fingerprint density at radius 1 is 1.33 bits per heavy atom. The Morgan fingerprint density at radius 3 is 2.83 bits per heavy atom. The molecule has 3 heterocycles. The second-order valence-corrected chi connectivity index (χ2v) is 7.20. The van der Waals surface area contributed by atoms with Crippen molar-refractivity contribution in [3.8, 4) is 0 Å². The first-order chi connectivity index (χ1) is 11.5. The SMILES string of the molecule is CCc1nccn1CC(=O)N1CCC[C@@]2(C)[C@H]1CCCN2C(C)=O. The minimum absolute atomic E-state index is 0.124. The fraction of sp³-hybridized carbons (Fsp3) is 0.722. The van der Waals surface area contributed by atoms with E-state index in [1.165, 1.54) is 0 Å². The van der Waals surface area contributed by atoms with E-state index < -0.39 is 0 Å². The Bertz CT molecular complexity index is 626. The molecule has 6 nitrogen and oxygen atoms in total. The van der Waals surface area contributed by atoms with Gasteiger partial charge < -0.3 is 14.4 Å². The number of amides is 2. The van der Waals surface area contributed by atoms with E-state index in [4.69, 9.17) is 0 Å². The smallest absolute Gasteiger partial charge is 0.242 e. The number of imidazole rings is 1. The van der Waals surface area contributed by atoms with Crippen LogP contribution in [0.3, 0.4) is 0 Å². The molecule has 0 aliphatic carbocycles. The number of hydrogen-bond acceptors (Lipinski definition) is 3. The van der Waals surface area contributed by atoms with Crippen molar-refractivity contribution < 1.29 is 9.59 Å². The van der Waals surface area contributed by atoms with Gasteiger partial charge in [0.25, 0.3) is 0 Å². The van der Waals surface area contributed by atoms with E-state index in [0.717, 1.165) is 51.0 Å². The standard InChI is InChI=1S/C18H28N4O2/c1-4-16-19-9-12-20(16)13-17(24)21-10-6-8-18(3)15(21)7-5-11-22(18)14(2)23/h9,12,15H,4-8,10-11,13H2,1-3H3/t15-,18+/m1/s1. The molecule has 0 radical (unpaired) electrons. The van der Waals surface area contributed by atoms with Gasteiger partial charge in [-0.2, -0.15) is 0 Å². The molecule has 2 amide bonds. The van der Waals surface area contributed by atoms with Gasteiger partial charge in [0.1, 0.15) is 12.4 Å². The molecule has 1 aromatic heterocycles. The van der Waals surface area contributed by atoms with Gasteiger partial charge in [-0.05, 0) is 32.6 Å². The third-order valence-corrected chi connectivity index (χ3v) is 5.78. The van der Waals surface area contributed by atoms with Gasteiger partial charge in [-0.3, -0.25) is 9.59 Å². The van der Waals surface area contributed by atoms with Crippen LogP contribution in [0.25, 0.3) is 0 Å². The van der Waals surface area contributed by atoms with Crippen LogP contribution < -0.4 is 0 Å². The van der Waals surface area contributed by atoms with Crippen LogP contribution in [0, 0.1) is 0 Å². The number of likely N-dealkylation sites (tertiary alicyclic amines) is 2. The van der Waals surface area contributed by atoms with E-state index in [1.807, 2.05) is 27.5 Å². The van der Waals surface area contributed by atoms with Crippen LogP contribution in [-0.2, 0) is 22.6 Å². The van der Waals surface area contributed by atoms with E-state index in [0.29, 0.717) is 6.54 Å². The minimum Gasteiger partial charge on any atom is -0.336 e. The number of aromatic nitrogens is 2. The van der Waals surface area contributed by atoms with Gasteiger partial charge in [0.05, 0.1) is 11.6 Å². The number of aryl methyl sites for hydroxylation is 1. The molecule has 1 aromatic rings. The van der Waals surface area contributed by atoms with E-state index in [-0.39, 0.29) is 23.4 Å². The molecule has 3 rings (SSSR count). The molecule has 2 aliphatic rings. The van der Waals surface area contributed by atoms with Gasteiger partial charge in [0.15, 0.2) is 0 Å². The zero-order valence-corrected chi connectivity index (χ0v) is 15.0. The van der Waals surface area contributed by atoms with Crippen LogP contribution >= 0.6 is 0 Å². The molecular weight excluding hydrogens is 304 g/mol. The van der Waals surface area contributed by atoms with Crippen LogP contribution in [0.2, 0.25) is 0 Å². The number of carbonyl (C=O) groups is 2. The first-order valence-corrected chi connectivity index (χ1v) is 9.05. The number of nitrogens with zero attached hydrogens (tertiary/aromatic N) is 4. The summed E-state index contributed by atoms with van der Waals surface area (Å²) in [6.45, 7) is 7.80. The number of fused-ring (bicyclic) bond motifs is 1. The topological polar surface area (TPSA) is 58.4 Å². The summed E-state index contributed by atoms with van der Waals surface area (Å²) in [6.07, 6.45) is 8.33. The largest absolute Gasteiger partial charge is 0.336 e. The lowest BCUT2D eigenvalue weighted by molar-refractivity contribution is -0.155. The van der Waals surface area contributed by atoms with Gasteiger partial charge in [-0.1, -0.05) is 6.92 Å². The molecule has 0 aromatic carbocycles. The highest BCUT2D eigenvalue weighted by atomic mass is 16.2. The highest BCUT2D eigenvalue weighted by Crippen LogP contribution is 2.39. The molecule has 0 saturated carbocycles. The normalized spacial score (nSPS) is 27.0. The van der Waals surface area contributed by atoms with Gasteiger partial charge >= 0.3 is 0 Å². The van der Waals surface area contributed by atoms with Crippen molar-refractivity contribution in [3.63, 3.8) is 0 Å². The molecule has 0 unspecified atom stereocenters. The summed E-state index contributed by atoms with van der Waals surface area (Å²) in [7, 11) is 0. The first-order valence-electron chi connectivity index (χ1n) is 9.05. The zero-order chi connectivity index (χ0) is 17.3.